The number of hydrogen-bond donors (Lipinski definition) is 3. The van der Waals surface area contributed by atoms with Gasteiger partial charge in [-0.2, -0.15) is 17.8 Å². The number of nitrogens with one attached hydrogen (secondary N) is 3. The predicted molar refractivity (Wildman–Crippen MR) is 116 cm³/mol. The maximum absolute atomic E-state index is 12.5. The van der Waals surface area contributed by atoms with E-state index in [9.17, 15) is 4.79 Å². The average molecular weight is 445 g/mol. The van der Waals surface area contributed by atoms with E-state index >= 15 is 0 Å². The smallest absolute Gasteiger partial charge is 0.560 e. The minimum atomic E-state index is -0.111. The van der Waals surface area contributed by atoms with E-state index in [1.165, 1.54) is 24.2 Å². The van der Waals surface area contributed by atoms with Crippen LogP contribution in [0.3, 0.4) is 0 Å². The van der Waals surface area contributed by atoms with Gasteiger partial charge in [0.05, 0.1) is 11.2 Å². The molecule has 30 heavy (non-hydrogen) atoms. The van der Waals surface area contributed by atoms with Crippen LogP contribution in [0.15, 0.2) is 48.9 Å². The molecule has 0 aliphatic heterocycles. The van der Waals surface area contributed by atoms with Crippen molar-refractivity contribution in [1.29, 1.82) is 0 Å². The first-order valence-corrected chi connectivity index (χ1v) is 10.5. The third-order valence-corrected chi connectivity index (χ3v) is 5.84. The van der Waals surface area contributed by atoms with Crippen LogP contribution in [-0.2, 0) is 0 Å². The van der Waals surface area contributed by atoms with Crippen LogP contribution in [0.25, 0.3) is 0 Å². The molecule has 1 aliphatic rings. The molecule has 0 bridgehead atoms. The molecule has 1 unspecified atom stereocenters. The summed E-state index contributed by atoms with van der Waals surface area (Å²) in [4.78, 5) is 21.8. The molecule has 150 valence electrons. The number of aromatic nitrogens is 2. The zero-order valence-electron chi connectivity index (χ0n) is 17.4. The van der Waals surface area contributed by atoms with Crippen LogP contribution in [-0.4, -0.2) is 15.9 Å². The molecule has 1 amide bonds. The molecule has 2 heterocycles. The minimum Gasteiger partial charge on any atom is -0.560 e. The van der Waals surface area contributed by atoms with E-state index in [1.54, 1.807) is 12.4 Å². The Labute approximate surface area is 223 Å². The number of aryl methyl sites for hydroxylation is 1. The molecule has 1 fully saturated rings. The first kappa shape index (κ1) is 23.2. The van der Waals surface area contributed by atoms with Crippen molar-refractivity contribution in [1.82, 2.24) is 15.3 Å². The van der Waals surface area contributed by atoms with E-state index in [-0.39, 0.29) is 63.3 Å². The molecular formula is C22H23KN5OS-. The molecular weight excluding hydrogens is 421 g/mol. The predicted octanol–water partition coefficient (Wildman–Crippen LogP) is 1.74. The molecule has 3 aromatic rings. The molecule has 0 radical (unpaired) electrons. The van der Waals surface area contributed by atoms with E-state index in [0.29, 0.717) is 10.8 Å². The van der Waals surface area contributed by atoms with Crippen LogP contribution in [0.4, 0.5) is 11.5 Å². The van der Waals surface area contributed by atoms with Crippen LogP contribution < -0.4 is 67.3 Å². The second-order valence-electron chi connectivity index (χ2n) is 7.25. The van der Waals surface area contributed by atoms with Gasteiger partial charge in [0.15, 0.2) is 0 Å². The first-order chi connectivity index (χ1) is 14.1. The second kappa shape index (κ2) is 10.7. The summed E-state index contributed by atoms with van der Waals surface area (Å²) < 4.78 is 0. The van der Waals surface area contributed by atoms with Crippen LogP contribution >= 0.6 is 11.3 Å². The zero-order valence-corrected chi connectivity index (χ0v) is 21.3. The summed E-state index contributed by atoms with van der Waals surface area (Å²) in [6, 6.07) is 9.80. The molecule has 0 spiro atoms. The third kappa shape index (κ3) is 6.29. The number of benzene rings is 1. The molecule has 3 N–H and O–H groups in total. The van der Waals surface area contributed by atoms with Crippen LogP contribution in [0.1, 0.15) is 57.5 Å². The SMILES string of the molecule is Cc1cnc(NC=[C-]NC(C)c2cccc(NC(=O)c3cnc(C4CC4)s3)c2)[cH-]1.[K+]. The molecule has 1 atom stereocenters. The molecule has 2 aromatic heterocycles. The van der Waals surface area contributed by atoms with Crippen molar-refractivity contribution in [2.45, 2.75) is 38.6 Å². The third-order valence-electron chi connectivity index (χ3n) is 4.68. The van der Waals surface area contributed by atoms with Crippen molar-refractivity contribution >= 4 is 28.7 Å². The first-order valence-electron chi connectivity index (χ1n) is 9.64. The number of hydrogen-bond acceptors (Lipinski definition) is 6. The van der Waals surface area contributed by atoms with Gasteiger partial charge in [0.25, 0.3) is 5.91 Å². The number of thiazole rings is 1. The topological polar surface area (TPSA) is 78.9 Å². The van der Waals surface area contributed by atoms with Crippen LogP contribution in [0, 0.1) is 13.1 Å². The Balaban J connectivity index is 0.00000256. The van der Waals surface area contributed by atoms with Gasteiger partial charge in [0.1, 0.15) is 4.88 Å². The Bertz CT molecular complexity index is 1020. The number of carbonyl (C=O) groups excluding carboxylic acids is 1. The van der Waals surface area contributed by atoms with Crippen molar-refractivity contribution in [2.75, 3.05) is 10.6 Å². The van der Waals surface area contributed by atoms with Gasteiger partial charge >= 0.3 is 51.4 Å². The number of nitrogens with zero attached hydrogens (tertiary/aromatic N) is 2. The van der Waals surface area contributed by atoms with E-state index < -0.39 is 0 Å². The summed E-state index contributed by atoms with van der Waals surface area (Å²) in [6.45, 7) is 4.04. The number of carbonyl (C=O) groups is 1. The average Bonchev–Trinajstić information content (AvgIpc) is 3.29. The standard InChI is InChI=1S/C22H23N5OS.K/c1-14-10-20(25-12-14)24-9-8-23-15(2)17-4-3-5-18(11-17)27-21(28)19-13-26-22(29-19)16-6-7-16;/h3-5,9-13,15-16,23H,6-7H2,1-2H3,(H,24,25)(H,27,28);/q-2;+1. The van der Waals surface area contributed by atoms with Gasteiger partial charge in [0.2, 0.25) is 0 Å². The Morgan fingerprint density at radius 1 is 1.33 bits per heavy atom. The molecule has 4 rings (SSSR count). The van der Waals surface area contributed by atoms with Gasteiger partial charge in [-0.1, -0.05) is 19.1 Å². The largest absolute Gasteiger partial charge is 1.00 e. The van der Waals surface area contributed by atoms with Crippen molar-refractivity contribution in [3.63, 3.8) is 0 Å². The molecule has 1 aromatic carbocycles. The van der Waals surface area contributed by atoms with Gasteiger partial charge in [-0.25, -0.2) is 4.98 Å². The van der Waals surface area contributed by atoms with E-state index in [1.807, 2.05) is 50.4 Å². The Hall–Kier alpha value is -1.42. The molecule has 1 aliphatic carbocycles. The van der Waals surface area contributed by atoms with Gasteiger partial charge < -0.3 is 27.1 Å². The Morgan fingerprint density at radius 2 is 2.17 bits per heavy atom. The molecule has 1 saturated carbocycles. The monoisotopic (exact) mass is 444 g/mol. The summed E-state index contributed by atoms with van der Waals surface area (Å²) >= 11 is 1.49. The zero-order chi connectivity index (χ0) is 20.2. The fourth-order valence-electron chi connectivity index (χ4n) is 2.89. The summed E-state index contributed by atoms with van der Waals surface area (Å²) in [7, 11) is 0. The van der Waals surface area contributed by atoms with Gasteiger partial charge in [-0.3, -0.25) is 4.79 Å². The number of rotatable bonds is 8. The second-order valence-corrected chi connectivity index (χ2v) is 8.31. The normalized spacial score (nSPS) is 14.2. The van der Waals surface area contributed by atoms with E-state index in [4.69, 9.17) is 0 Å². The van der Waals surface area contributed by atoms with Crippen LogP contribution in [0.5, 0.6) is 0 Å². The van der Waals surface area contributed by atoms with E-state index in [2.05, 4.69) is 32.1 Å². The molecule has 8 heteroatoms. The minimum absolute atomic E-state index is 0. The number of anilines is 2. The molecule has 0 saturated heterocycles. The van der Waals surface area contributed by atoms with Crippen LogP contribution in [0.2, 0.25) is 0 Å². The van der Waals surface area contributed by atoms with Crippen molar-refractivity contribution in [2.24, 2.45) is 0 Å². The summed E-state index contributed by atoms with van der Waals surface area (Å²) in [5.74, 6) is 1.25. The summed E-state index contributed by atoms with van der Waals surface area (Å²) in [5.41, 5.74) is 2.93. The van der Waals surface area contributed by atoms with Crippen molar-refractivity contribution in [3.05, 3.63) is 76.1 Å². The fraction of sp³-hybridized carbons (Fsp3) is 0.273. The quantitative estimate of drug-likeness (QED) is 0.280. The Kier molecular flexibility index (Phi) is 8.32. The van der Waals surface area contributed by atoms with Gasteiger partial charge in [-0.15, -0.1) is 17.5 Å². The maximum atomic E-state index is 12.5. The summed E-state index contributed by atoms with van der Waals surface area (Å²) in [6.07, 6.45) is 10.6. The fourth-order valence-corrected chi connectivity index (χ4v) is 3.87. The Morgan fingerprint density at radius 3 is 2.90 bits per heavy atom. The van der Waals surface area contributed by atoms with Gasteiger partial charge in [0, 0.05) is 23.5 Å². The maximum Gasteiger partial charge on any atom is 1.00 e. The number of amides is 1. The van der Waals surface area contributed by atoms with Crippen molar-refractivity contribution in [3.8, 4) is 0 Å². The van der Waals surface area contributed by atoms with Gasteiger partial charge in [-0.05, 0) is 37.5 Å². The molecule has 6 nitrogen and oxygen atoms in total. The van der Waals surface area contributed by atoms with E-state index in [0.717, 1.165) is 27.6 Å². The summed E-state index contributed by atoms with van der Waals surface area (Å²) in [5, 5.41) is 10.3. The van der Waals surface area contributed by atoms with Crippen molar-refractivity contribution < 1.29 is 56.2 Å².